The van der Waals surface area contributed by atoms with Gasteiger partial charge in [-0.05, 0) is 31.1 Å². The van der Waals surface area contributed by atoms with Gasteiger partial charge in [-0.2, -0.15) is 5.10 Å². The standard InChI is InChI=1S/C14H18N4O3S/c19-13-7-6-12(18(20)21)8-10(13)9-15-17-14(22)16-11-4-2-1-3-5-11/h6-9,11,19H,1-5H2,(H2,16,17,22). The van der Waals surface area contributed by atoms with Crippen molar-refractivity contribution in [3.05, 3.63) is 33.9 Å². The summed E-state index contributed by atoms with van der Waals surface area (Å²) in [6, 6.07) is 4.11. The van der Waals surface area contributed by atoms with E-state index in [-0.39, 0.29) is 17.0 Å². The van der Waals surface area contributed by atoms with Crippen molar-refractivity contribution < 1.29 is 10.0 Å². The molecule has 1 aliphatic carbocycles. The number of hydrogen-bond acceptors (Lipinski definition) is 5. The Bertz CT molecular complexity index is 585. The summed E-state index contributed by atoms with van der Waals surface area (Å²) < 4.78 is 0. The van der Waals surface area contributed by atoms with E-state index in [4.69, 9.17) is 12.2 Å². The predicted molar refractivity (Wildman–Crippen MR) is 88.1 cm³/mol. The lowest BCUT2D eigenvalue weighted by Crippen LogP contribution is -2.40. The monoisotopic (exact) mass is 322 g/mol. The molecule has 1 saturated carbocycles. The maximum absolute atomic E-state index is 10.7. The van der Waals surface area contributed by atoms with Gasteiger partial charge in [0, 0.05) is 23.7 Å². The average Bonchev–Trinajstić information content (AvgIpc) is 2.50. The first kappa shape index (κ1) is 16.2. The number of nitrogens with one attached hydrogen (secondary N) is 2. The molecule has 1 aromatic rings. The Balaban J connectivity index is 1.90. The first-order valence-corrected chi connectivity index (χ1v) is 7.54. The summed E-state index contributed by atoms with van der Waals surface area (Å²) in [4.78, 5) is 10.2. The molecule has 0 unspecified atom stereocenters. The molecular formula is C14H18N4O3S. The molecule has 3 N–H and O–H groups in total. The lowest BCUT2D eigenvalue weighted by Gasteiger charge is -2.23. The number of nitrogens with zero attached hydrogens (tertiary/aromatic N) is 2. The highest BCUT2D eigenvalue weighted by atomic mass is 32.1. The van der Waals surface area contributed by atoms with Crippen molar-refractivity contribution in [2.75, 3.05) is 0 Å². The first-order valence-electron chi connectivity index (χ1n) is 7.13. The van der Waals surface area contributed by atoms with Crippen molar-refractivity contribution in [3.8, 4) is 5.75 Å². The molecule has 8 heteroatoms. The van der Waals surface area contributed by atoms with Gasteiger partial charge in [-0.15, -0.1) is 0 Å². The summed E-state index contributed by atoms with van der Waals surface area (Å²) >= 11 is 5.14. The Labute approximate surface area is 133 Å². The lowest BCUT2D eigenvalue weighted by molar-refractivity contribution is -0.384. The number of thiocarbonyl (C=S) groups is 1. The lowest BCUT2D eigenvalue weighted by atomic mass is 9.96. The van der Waals surface area contributed by atoms with Crippen molar-refractivity contribution in [1.29, 1.82) is 0 Å². The third kappa shape index (κ3) is 4.66. The van der Waals surface area contributed by atoms with Crippen molar-refractivity contribution in [2.24, 2.45) is 5.10 Å². The maximum atomic E-state index is 10.7. The van der Waals surface area contributed by atoms with E-state index in [1.807, 2.05) is 0 Å². The number of benzene rings is 1. The van der Waals surface area contributed by atoms with Crippen molar-refractivity contribution in [2.45, 2.75) is 38.1 Å². The summed E-state index contributed by atoms with van der Waals surface area (Å²) in [5.74, 6) is -0.0812. The van der Waals surface area contributed by atoms with Gasteiger partial charge in [0.05, 0.1) is 11.1 Å². The molecule has 1 aromatic carbocycles. The van der Waals surface area contributed by atoms with Crippen LogP contribution in [0.1, 0.15) is 37.7 Å². The van der Waals surface area contributed by atoms with Gasteiger partial charge in [-0.1, -0.05) is 19.3 Å². The largest absolute Gasteiger partial charge is 0.507 e. The highest BCUT2D eigenvalue weighted by Crippen LogP contribution is 2.21. The van der Waals surface area contributed by atoms with Crippen molar-refractivity contribution in [3.63, 3.8) is 0 Å². The van der Waals surface area contributed by atoms with Gasteiger partial charge < -0.3 is 10.4 Å². The summed E-state index contributed by atoms with van der Waals surface area (Å²) in [6.07, 6.45) is 7.16. The topological polar surface area (TPSA) is 99.8 Å². The van der Waals surface area contributed by atoms with E-state index in [1.54, 1.807) is 0 Å². The van der Waals surface area contributed by atoms with Crippen LogP contribution in [-0.4, -0.2) is 27.4 Å². The Morgan fingerprint density at radius 1 is 1.41 bits per heavy atom. The number of nitro groups is 1. The number of aromatic hydroxyl groups is 1. The Morgan fingerprint density at radius 2 is 2.14 bits per heavy atom. The van der Waals surface area contributed by atoms with Crippen LogP contribution in [-0.2, 0) is 0 Å². The Hall–Kier alpha value is -2.22. The highest BCUT2D eigenvalue weighted by molar-refractivity contribution is 7.80. The smallest absolute Gasteiger partial charge is 0.270 e. The number of non-ortho nitro benzene ring substituents is 1. The number of nitro benzene ring substituents is 1. The second-order valence-electron chi connectivity index (χ2n) is 5.18. The minimum Gasteiger partial charge on any atom is -0.507 e. The second-order valence-corrected chi connectivity index (χ2v) is 5.59. The van der Waals surface area contributed by atoms with Gasteiger partial charge in [0.15, 0.2) is 5.11 Å². The summed E-state index contributed by atoms with van der Waals surface area (Å²) in [7, 11) is 0. The van der Waals surface area contributed by atoms with Gasteiger partial charge in [0.2, 0.25) is 0 Å². The molecule has 0 aromatic heterocycles. The third-order valence-corrected chi connectivity index (χ3v) is 3.74. The molecule has 0 radical (unpaired) electrons. The molecule has 0 bridgehead atoms. The summed E-state index contributed by atoms with van der Waals surface area (Å²) in [6.45, 7) is 0. The van der Waals surface area contributed by atoms with Gasteiger partial charge in [0.25, 0.3) is 5.69 Å². The van der Waals surface area contributed by atoms with E-state index in [2.05, 4.69) is 15.8 Å². The minimum atomic E-state index is -0.528. The first-order chi connectivity index (χ1) is 10.6. The van der Waals surface area contributed by atoms with Crippen LogP contribution >= 0.6 is 12.2 Å². The van der Waals surface area contributed by atoms with E-state index in [0.29, 0.717) is 11.2 Å². The predicted octanol–water partition coefficient (Wildman–Crippen LogP) is 2.43. The highest BCUT2D eigenvalue weighted by Gasteiger charge is 2.13. The van der Waals surface area contributed by atoms with Crippen molar-refractivity contribution in [1.82, 2.24) is 10.7 Å². The second kappa shape index (κ2) is 7.69. The van der Waals surface area contributed by atoms with Gasteiger partial charge >= 0.3 is 0 Å². The zero-order valence-corrected chi connectivity index (χ0v) is 12.8. The number of hydrazone groups is 1. The van der Waals surface area contributed by atoms with E-state index >= 15 is 0 Å². The molecule has 1 aliphatic rings. The fourth-order valence-corrected chi connectivity index (χ4v) is 2.60. The van der Waals surface area contributed by atoms with E-state index in [0.717, 1.165) is 12.8 Å². The van der Waals surface area contributed by atoms with E-state index in [9.17, 15) is 15.2 Å². The van der Waals surface area contributed by atoms with E-state index < -0.39 is 4.92 Å². The molecule has 0 aliphatic heterocycles. The van der Waals surface area contributed by atoms with Crippen LogP contribution in [0.4, 0.5) is 5.69 Å². The maximum Gasteiger partial charge on any atom is 0.270 e. The molecule has 0 amide bonds. The zero-order chi connectivity index (χ0) is 15.9. The van der Waals surface area contributed by atoms with Gasteiger partial charge in [0.1, 0.15) is 5.75 Å². The van der Waals surface area contributed by atoms with Crippen LogP contribution in [0.3, 0.4) is 0 Å². The zero-order valence-electron chi connectivity index (χ0n) is 12.0. The fraction of sp³-hybridized carbons (Fsp3) is 0.429. The van der Waals surface area contributed by atoms with E-state index in [1.165, 1.54) is 43.7 Å². The van der Waals surface area contributed by atoms with Crippen LogP contribution in [0.2, 0.25) is 0 Å². The fourth-order valence-electron chi connectivity index (χ4n) is 2.38. The Kier molecular flexibility index (Phi) is 5.65. The third-order valence-electron chi connectivity index (χ3n) is 3.53. The average molecular weight is 322 g/mol. The molecule has 0 atom stereocenters. The van der Waals surface area contributed by atoms with Gasteiger partial charge in [-0.3, -0.25) is 15.5 Å². The molecule has 0 heterocycles. The minimum absolute atomic E-state index is 0.0812. The molecule has 7 nitrogen and oxygen atoms in total. The van der Waals surface area contributed by atoms with Gasteiger partial charge in [-0.25, -0.2) is 0 Å². The van der Waals surface area contributed by atoms with Crippen LogP contribution in [0.5, 0.6) is 5.75 Å². The number of phenolic OH excluding ortho intramolecular Hbond substituents is 1. The Morgan fingerprint density at radius 3 is 2.82 bits per heavy atom. The van der Waals surface area contributed by atoms with Crippen molar-refractivity contribution >= 4 is 29.2 Å². The SMILES string of the molecule is O=[N+]([O-])c1ccc(O)c(C=NNC(=S)NC2CCCCC2)c1. The van der Waals surface area contributed by atoms with Crippen LogP contribution in [0.25, 0.3) is 0 Å². The summed E-state index contributed by atoms with van der Waals surface area (Å²) in [5.41, 5.74) is 2.81. The van der Waals surface area contributed by atoms with Crippen LogP contribution < -0.4 is 10.7 Å². The van der Waals surface area contributed by atoms with Crippen LogP contribution in [0, 0.1) is 10.1 Å². The number of rotatable bonds is 4. The molecule has 0 saturated heterocycles. The summed E-state index contributed by atoms with van der Waals surface area (Å²) in [5, 5.41) is 27.9. The van der Waals surface area contributed by atoms with Crippen LogP contribution in [0.15, 0.2) is 23.3 Å². The number of hydrogen-bond donors (Lipinski definition) is 3. The molecule has 22 heavy (non-hydrogen) atoms. The normalized spacial score (nSPS) is 15.6. The molecule has 0 spiro atoms. The molecule has 1 fully saturated rings. The quantitative estimate of drug-likeness (QED) is 0.341. The molecule has 2 rings (SSSR count). The molecular weight excluding hydrogens is 304 g/mol. The molecule has 118 valence electrons. The number of phenols is 1.